The summed E-state index contributed by atoms with van der Waals surface area (Å²) in [6.45, 7) is 8.00. The van der Waals surface area contributed by atoms with Gasteiger partial charge in [-0.3, -0.25) is 0 Å². The van der Waals surface area contributed by atoms with E-state index in [0.717, 1.165) is 37.3 Å². The maximum atomic E-state index is 5.55. The smallest absolute Gasteiger partial charge is 0.221 e. The molecule has 0 aliphatic rings. The molecule has 18 heavy (non-hydrogen) atoms. The van der Waals surface area contributed by atoms with Crippen LogP contribution in [0.4, 0.5) is 5.82 Å². The maximum Gasteiger partial charge on any atom is 0.221 e. The topological polar surface area (TPSA) is 73.1 Å². The molecule has 0 aromatic carbocycles. The number of hydrogen-bond donors (Lipinski definition) is 2. The van der Waals surface area contributed by atoms with Crippen LogP contribution in [0.1, 0.15) is 32.3 Å². The standard InChI is InChI=1S/C13H24N4O/c1-10-11(16-9-17-12(10)18-4)15-8-13(2,3)6-5-7-14/h9H,5-8,14H2,1-4H3,(H,15,16,17). The van der Waals surface area contributed by atoms with Gasteiger partial charge in [0.05, 0.1) is 12.7 Å². The molecule has 0 bridgehead atoms. The van der Waals surface area contributed by atoms with Crippen LogP contribution in [0, 0.1) is 12.3 Å². The number of anilines is 1. The molecule has 0 unspecified atom stereocenters. The van der Waals surface area contributed by atoms with Crippen molar-refractivity contribution in [2.24, 2.45) is 11.1 Å². The lowest BCUT2D eigenvalue weighted by molar-refractivity contribution is 0.349. The molecule has 5 heteroatoms. The summed E-state index contributed by atoms with van der Waals surface area (Å²) in [6.07, 6.45) is 3.65. The molecule has 0 fully saturated rings. The Hall–Kier alpha value is -1.36. The quantitative estimate of drug-likeness (QED) is 0.776. The number of rotatable bonds is 7. The third-order valence-electron chi connectivity index (χ3n) is 3.02. The second kappa shape index (κ2) is 6.54. The van der Waals surface area contributed by atoms with Crippen LogP contribution in [0.15, 0.2) is 6.33 Å². The van der Waals surface area contributed by atoms with Crippen LogP contribution in [0.3, 0.4) is 0 Å². The molecule has 1 rings (SSSR count). The van der Waals surface area contributed by atoms with Crippen molar-refractivity contribution in [3.05, 3.63) is 11.9 Å². The summed E-state index contributed by atoms with van der Waals surface area (Å²) in [7, 11) is 1.62. The Labute approximate surface area is 109 Å². The summed E-state index contributed by atoms with van der Waals surface area (Å²) in [5.41, 5.74) is 6.69. The predicted octanol–water partition coefficient (Wildman–Crippen LogP) is 1.97. The highest BCUT2D eigenvalue weighted by molar-refractivity contribution is 5.47. The van der Waals surface area contributed by atoms with Gasteiger partial charge in [0.15, 0.2) is 0 Å². The largest absolute Gasteiger partial charge is 0.481 e. The monoisotopic (exact) mass is 252 g/mol. The minimum atomic E-state index is 0.198. The zero-order valence-electron chi connectivity index (χ0n) is 11.8. The fraction of sp³-hybridized carbons (Fsp3) is 0.692. The molecule has 0 spiro atoms. The zero-order chi connectivity index (χ0) is 13.6. The molecule has 1 aromatic heterocycles. The van der Waals surface area contributed by atoms with Gasteiger partial charge in [-0.2, -0.15) is 0 Å². The van der Waals surface area contributed by atoms with Crippen LogP contribution in [0.25, 0.3) is 0 Å². The van der Waals surface area contributed by atoms with Crippen LogP contribution in [0.5, 0.6) is 5.88 Å². The second-order valence-corrected chi connectivity index (χ2v) is 5.27. The number of nitrogens with one attached hydrogen (secondary N) is 1. The van der Waals surface area contributed by atoms with Crippen molar-refractivity contribution in [3.8, 4) is 5.88 Å². The Kier molecular flexibility index (Phi) is 5.34. The van der Waals surface area contributed by atoms with Gasteiger partial charge in [0, 0.05) is 6.54 Å². The van der Waals surface area contributed by atoms with Gasteiger partial charge in [-0.15, -0.1) is 0 Å². The number of hydrogen-bond acceptors (Lipinski definition) is 5. The lowest BCUT2D eigenvalue weighted by Crippen LogP contribution is -2.24. The summed E-state index contributed by atoms with van der Waals surface area (Å²) < 4.78 is 5.17. The molecule has 0 aliphatic carbocycles. The first-order chi connectivity index (χ1) is 8.50. The van der Waals surface area contributed by atoms with E-state index in [1.165, 1.54) is 6.33 Å². The van der Waals surface area contributed by atoms with Crippen molar-refractivity contribution in [2.75, 3.05) is 25.5 Å². The van der Waals surface area contributed by atoms with E-state index in [2.05, 4.69) is 29.1 Å². The van der Waals surface area contributed by atoms with Gasteiger partial charge in [-0.05, 0) is 31.7 Å². The third kappa shape index (κ3) is 4.14. The maximum absolute atomic E-state index is 5.55. The first-order valence-electron chi connectivity index (χ1n) is 6.29. The Morgan fingerprint density at radius 1 is 1.39 bits per heavy atom. The number of ether oxygens (including phenoxy) is 1. The van der Waals surface area contributed by atoms with Crippen LogP contribution in [-0.4, -0.2) is 30.2 Å². The molecule has 0 saturated heterocycles. The fourth-order valence-corrected chi connectivity index (χ4v) is 1.81. The highest BCUT2D eigenvalue weighted by Gasteiger charge is 2.18. The summed E-state index contributed by atoms with van der Waals surface area (Å²) in [6, 6.07) is 0. The van der Waals surface area contributed by atoms with Crippen molar-refractivity contribution < 1.29 is 4.74 Å². The lowest BCUT2D eigenvalue weighted by Gasteiger charge is -2.25. The van der Waals surface area contributed by atoms with Gasteiger partial charge in [0.2, 0.25) is 5.88 Å². The number of nitrogens with zero attached hydrogens (tertiary/aromatic N) is 2. The average Bonchev–Trinajstić information content (AvgIpc) is 2.35. The molecular weight excluding hydrogens is 228 g/mol. The summed E-state index contributed by atoms with van der Waals surface area (Å²) in [4.78, 5) is 8.30. The molecular formula is C13H24N4O. The van der Waals surface area contributed by atoms with Gasteiger partial charge in [-0.1, -0.05) is 13.8 Å². The first-order valence-corrected chi connectivity index (χ1v) is 6.29. The normalized spacial score (nSPS) is 11.4. The minimum Gasteiger partial charge on any atom is -0.481 e. The highest BCUT2D eigenvalue weighted by Crippen LogP contribution is 2.25. The van der Waals surface area contributed by atoms with Crippen LogP contribution < -0.4 is 15.8 Å². The molecule has 0 saturated carbocycles. The van der Waals surface area contributed by atoms with E-state index < -0.39 is 0 Å². The van der Waals surface area contributed by atoms with Crippen LogP contribution in [0.2, 0.25) is 0 Å². The molecule has 5 nitrogen and oxygen atoms in total. The predicted molar refractivity (Wildman–Crippen MR) is 73.9 cm³/mol. The van der Waals surface area contributed by atoms with E-state index >= 15 is 0 Å². The molecule has 0 aliphatic heterocycles. The molecule has 1 heterocycles. The minimum absolute atomic E-state index is 0.198. The van der Waals surface area contributed by atoms with Crippen LogP contribution >= 0.6 is 0 Å². The number of methoxy groups -OCH3 is 1. The van der Waals surface area contributed by atoms with E-state index in [1.807, 2.05) is 6.92 Å². The van der Waals surface area contributed by atoms with E-state index in [-0.39, 0.29) is 5.41 Å². The Morgan fingerprint density at radius 2 is 2.11 bits per heavy atom. The molecule has 0 atom stereocenters. The van der Waals surface area contributed by atoms with Crippen molar-refractivity contribution in [2.45, 2.75) is 33.6 Å². The molecule has 1 aromatic rings. The van der Waals surface area contributed by atoms with Crippen molar-refractivity contribution in [1.29, 1.82) is 0 Å². The third-order valence-corrected chi connectivity index (χ3v) is 3.02. The second-order valence-electron chi connectivity index (χ2n) is 5.27. The van der Waals surface area contributed by atoms with Crippen molar-refractivity contribution >= 4 is 5.82 Å². The molecule has 3 N–H and O–H groups in total. The summed E-state index contributed by atoms with van der Waals surface area (Å²) in [5, 5.41) is 3.36. The number of nitrogens with two attached hydrogens (primary N) is 1. The van der Waals surface area contributed by atoms with Gasteiger partial charge in [0.1, 0.15) is 12.1 Å². The van der Waals surface area contributed by atoms with Gasteiger partial charge in [-0.25, -0.2) is 9.97 Å². The van der Waals surface area contributed by atoms with E-state index in [1.54, 1.807) is 7.11 Å². The van der Waals surface area contributed by atoms with Crippen LogP contribution in [-0.2, 0) is 0 Å². The molecule has 102 valence electrons. The zero-order valence-corrected chi connectivity index (χ0v) is 11.8. The fourth-order valence-electron chi connectivity index (χ4n) is 1.81. The highest BCUT2D eigenvalue weighted by atomic mass is 16.5. The summed E-state index contributed by atoms with van der Waals surface area (Å²) in [5.74, 6) is 1.45. The van der Waals surface area contributed by atoms with Gasteiger partial charge < -0.3 is 15.8 Å². The Bertz CT molecular complexity index is 379. The molecule has 0 amide bonds. The SMILES string of the molecule is COc1ncnc(NCC(C)(C)CCCN)c1C. The van der Waals surface area contributed by atoms with Gasteiger partial charge in [0.25, 0.3) is 0 Å². The Morgan fingerprint density at radius 3 is 2.72 bits per heavy atom. The van der Waals surface area contributed by atoms with Gasteiger partial charge >= 0.3 is 0 Å². The first kappa shape index (κ1) is 14.7. The average molecular weight is 252 g/mol. The van der Waals surface area contributed by atoms with Crippen molar-refractivity contribution in [3.63, 3.8) is 0 Å². The lowest BCUT2D eigenvalue weighted by atomic mass is 9.88. The van der Waals surface area contributed by atoms with Crippen molar-refractivity contribution in [1.82, 2.24) is 9.97 Å². The summed E-state index contributed by atoms with van der Waals surface area (Å²) >= 11 is 0. The number of aromatic nitrogens is 2. The molecule has 0 radical (unpaired) electrons. The van der Waals surface area contributed by atoms with E-state index in [9.17, 15) is 0 Å². The Balaban J connectivity index is 2.63. The van der Waals surface area contributed by atoms with E-state index in [0.29, 0.717) is 5.88 Å². The van der Waals surface area contributed by atoms with E-state index in [4.69, 9.17) is 10.5 Å².